The van der Waals surface area contributed by atoms with Gasteiger partial charge in [-0.2, -0.15) is 5.26 Å². The average Bonchev–Trinajstić information content (AvgIpc) is 3.23. The molecule has 9 heteroatoms. The summed E-state index contributed by atoms with van der Waals surface area (Å²) in [7, 11) is 0. The van der Waals surface area contributed by atoms with Gasteiger partial charge in [0.05, 0.1) is 12.7 Å². The lowest BCUT2D eigenvalue weighted by Gasteiger charge is -2.41. The fourth-order valence-electron chi connectivity index (χ4n) is 2.96. The predicted octanol–water partition coefficient (Wildman–Crippen LogP) is -3.40. The van der Waals surface area contributed by atoms with Crippen molar-refractivity contribution in [1.82, 2.24) is 0 Å². The zero-order chi connectivity index (χ0) is 15.4. The molecule has 21 heavy (non-hydrogen) atoms. The Labute approximate surface area is 119 Å². The quantitative estimate of drug-likeness (QED) is 0.335. The standard InChI is InChI=1S/C12H17NO8/c13-3-12(1-4(15)9-10(12)20-9)21-11-8(18)7(17)6(16)5(2-14)19-11/h4-11,14-18H,1-2H2. The van der Waals surface area contributed by atoms with Gasteiger partial charge in [0.15, 0.2) is 11.9 Å². The summed E-state index contributed by atoms with van der Waals surface area (Å²) in [5, 5.41) is 57.4. The number of hydrogen-bond acceptors (Lipinski definition) is 9. The summed E-state index contributed by atoms with van der Waals surface area (Å²) >= 11 is 0. The first kappa shape index (κ1) is 15.1. The van der Waals surface area contributed by atoms with Crippen LogP contribution in [0.25, 0.3) is 0 Å². The van der Waals surface area contributed by atoms with E-state index >= 15 is 0 Å². The van der Waals surface area contributed by atoms with E-state index in [2.05, 4.69) is 0 Å². The second-order valence-electron chi connectivity index (χ2n) is 5.61. The summed E-state index contributed by atoms with van der Waals surface area (Å²) in [6.45, 7) is -0.588. The van der Waals surface area contributed by atoms with E-state index in [4.69, 9.17) is 19.3 Å². The van der Waals surface area contributed by atoms with Crippen molar-refractivity contribution in [2.45, 2.75) is 61.0 Å². The molecule has 9 unspecified atom stereocenters. The van der Waals surface area contributed by atoms with Gasteiger partial charge in [-0.05, 0) is 0 Å². The molecule has 0 radical (unpaired) electrons. The second-order valence-corrected chi connectivity index (χ2v) is 5.61. The lowest BCUT2D eigenvalue weighted by atomic mass is 9.98. The highest BCUT2D eigenvalue weighted by atomic mass is 16.7. The second kappa shape index (κ2) is 5.12. The van der Waals surface area contributed by atoms with Crippen LogP contribution in [0.2, 0.25) is 0 Å². The van der Waals surface area contributed by atoms with E-state index in [1.54, 1.807) is 0 Å². The van der Waals surface area contributed by atoms with Crippen LogP contribution in [0, 0.1) is 11.3 Å². The maximum Gasteiger partial charge on any atom is 0.188 e. The van der Waals surface area contributed by atoms with Crippen molar-refractivity contribution in [3.05, 3.63) is 0 Å². The van der Waals surface area contributed by atoms with Crippen molar-refractivity contribution in [2.24, 2.45) is 0 Å². The van der Waals surface area contributed by atoms with Crippen molar-refractivity contribution in [3.63, 3.8) is 0 Å². The van der Waals surface area contributed by atoms with Gasteiger partial charge in [0, 0.05) is 6.42 Å². The minimum Gasteiger partial charge on any atom is -0.394 e. The van der Waals surface area contributed by atoms with Gasteiger partial charge < -0.3 is 39.7 Å². The van der Waals surface area contributed by atoms with Gasteiger partial charge >= 0.3 is 0 Å². The number of nitriles is 1. The lowest BCUT2D eigenvalue weighted by molar-refractivity contribution is -0.322. The third kappa shape index (κ3) is 2.25. The van der Waals surface area contributed by atoms with Crippen LogP contribution in [0.4, 0.5) is 0 Å². The van der Waals surface area contributed by atoms with Gasteiger partial charge in [-0.1, -0.05) is 0 Å². The summed E-state index contributed by atoms with van der Waals surface area (Å²) in [4.78, 5) is 0. The third-order valence-corrected chi connectivity index (χ3v) is 4.24. The number of aliphatic hydroxyl groups excluding tert-OH is 5. The number of fused-ring (bicyclic) bond motifs is 1. The first-order valence-electron chi connectivity index (χ1n) is 6.66. The van der Waals surface area contributed by atoms with Crippen LogP contribution in [-0.4, -0.2) is 86.8 Å². The topological polar surface area (TPSA) is 156 Å². The van der Waals surface area contributed by atoms with E-state index in [0.29, 0.717) is 0 Å². The molecular formula is C12H17NO8. The smallest absolute Gasteiger partial charge is 0.188 e. The Kier molecular flexibility index (Phi) is 3.67. The molecule has 3 rings (SSSR count). The minimum atomic E-state index is -1.59. The predicted molar refractivity (Wildman–Crippen MR) is 62.5 cm³/mol. The Balaban J connectivity index is 1.76. The van der Waals surface area contributed by atoms with Gasteiger partial charge in [0.1, 0.15) is 42.7 Å². The molecule has 1 saturated carbocycles. The zero-order valence-corrected chi connectivity index (χ0v) is 10.9. The highest BCUT2D eigenvalue weighted by Crippen LogP contribution is 2.49. The van der Waals surface area contributed by atoms with E-state index in [-0.39, 0.29) is 6.42 Å². The molecule has 2 saturated heterocycles. The Morgan fingerprint density at radius 3 is 2.33 bits per heavy atom. The Morgan fingerprint density at radius 2 is 1.86 bits per heavy atom. The molecule has 5 N–H and O–H groups in total. The molecule has 2 heterocycles. The van der Waals surface area contributed by atoms with Crippen molar-refractivity contribution < 1.29 is 39.7 Å². The maximum absolute atomic E-state index is 9.90. The Hall–Kier alpha value is -0.830. The molecule has 0 bridgehead atoms. The normalized spacial score (nSPS) is 55.8. The van der Waals surface area contributed by atoms with Crippen LogP contribution < -0.4 is 0 Å². The fourth-order valence-corrected chi connectivity index (χ4v) is 2.96. The van der Waals surface area contributed by atoms with E-state index in [0.717, 1.165) is 0 Å². The number of rotatable bonds is 3. The largest absolute Gasteiger partial charge is 0.394 e. The highest BCUT2D eigenvalue weighted by molar-refractivity contribution is 5.23. The first-order chi connectivity index (χ1) is 9.93. The Bertz CT molecular complexity index is 453. The van der Waals surface area contributed by atoms with Crippen LogP contribution in [0.3, 0.4) is 0 Å². The van der Waals surface area contributed by atoms with Crippen LogP contribution in [-0.2, 0) is 14.2 Å². The average molecular weight is 303 g/mol. The van der Waals surface area contributed by atoms with E-state index in [9.17, 15) is 25.7 Å². The van der Waals surface area contributed by atoms with Gasteiger partial charge in [0.25, 0.3) is 0 Å². The molecule has 1 aliphatic carbocycles. The zero-order valence-electron chi connectivity index (χ0n) is 10.9. The molecule has 9 atom stereocenters. The molecule has 0 spiro atoms. The maximum atomic E-state index is 9.90. The van der Waals surface area contributed by atoms with E-state index < -0.39 is 61.2 Å². The van der Waals surface area contributed by atoms with Crippen LogP contribution >= 0.6 is 0 Å². The highest BCUT2D eigenvalue weighted by Gasteiger charge is 2.68. The molecule has 2 aliphatic heterocycles. The minimum absolute atomic E-state index is 0.00610. The molecule has 3 fully saturated rings. The summed E-state index contributed by atoms with van der Waals surface area (Å²) in [6.07, 6.45) is -9.17. The molecule has 9 nitrogen and oxygen atoms in total. The molecule has 0 aromatic heterocycles. The Morgan fingerprint density at radius 1 is 1.14 bits per heavy atom. The molecule has 0 aromatic rings. The molecule has 0 amide bonds. The van der Waals surface area contributed by atoms with Gasteiger partial charge in [-0.25, -0.2) is 0 Å². The SMILES string of the molecule is N#CC1(OC2OC(CO)C(O)C(O)C2O)CC(O)C2OC21. The molecule has 118 valence electrons. The lowest BCUT2D eigenvalue weighted by Crippen LogP contribution is -2.61. The molecule has 0 aromatic carbocycles. The van der Waals surface area contributed by atoms with Crippen molar-refractivity contribution in [1.29, 1.82) is 5.26 Å². The summed E-state index contributed by atoms with van der Waals surface area (Å²) < 4.78 is 15.8. The van der Waals surface area contributed by atoms with Gasteiger partial charge in [0.2, 0.25) is 0 Å². The van der Waals surface area contributed by atoms with Gasteiger partial charge in [-0.3, -0.25) is 0 Å². The van der Waals surface area contributed by atoms with Crippen molar-refractivity contribution in [2.75, 3.05) is 6.61 Å². The molecule has 3 aliphatic rings. The number of hydrogen-bond donors (Lipinski definition) is 5. The van der Waals surface area contributed by atoms with Crippen molar-refractivity contribution >= 4 is 0 Å². The molecular weight excluding hydrogens is 286 g/mol. The number of nitrogens with zero attached hydrogens (tertiary/aromatic N) is 1. The van der Waals surface area contributed by atoms with E-state index in [1.807, 2.05) is 6.07 Å². The third-order valence-electron chi connectivity index (χ3n) is 4.24. The number of epoxide rings is 1. The van der Waals surface area contributed by atoms with Crippen LogP contribution in [0.1, 0.15) is 6.42 Å². The first-order valence-corrected chi connectivity index (χ1v) is 6.66. The monoisotopic (exact) mass is 303 g/mol. The summed E-state index contributed by atoms with van der Waals surface area (Å²) in [5.41, 5.74) is -1.49. The summed E-state index contributed by atoms with van der Waals surface area (Å²) in [5.74, 6) is 0. The number of aliphatic hydroxyl groups is 5. The fraction of sp³-hybridized carbons (Fsp3) is 0.917. The van der Waals surface area contributed by atoms with Crippen LogP contribution in [0.5, 0.6) is 0 Å². The van der Waals surface area contributed by atoms with Gasteiger partial charge in [-0.15, -0.1) is 0 Å². The van der Waals surface area contributed by atoms with Crippen LogP contribution in [0.15, 0.2) is 0 Å². The number of ether oxygens (including phenoxy) is 3. The summed E-state index contributed by atoms with van der Waals surface area (Å²) in [6, 6.07) is 1.92. The van der Waals surface area contributed by atoms with Crippen molar-refractivity contribution in [3.8, 4) is 6.07 Å². The van der Waals surface area contributed by atoms with E-state index in [1.165, 1.54) is 0 Å².